The molecule has 0 spiro atoms. The molecule has 0 atom stereocenters. The van der Waals surface area contributed by atoms with Crippen molar-refractivity contribution in [1.82, 2.24) is 15.0 Å². The lowest BCUT2D eigenvalue weighted by Gasteiger charge is -2.11. The Morgan fingerprint density at radius 1 is 0.474 bits per heavy atom. The summed E-state index contributed by atoms with van der Waals surface area (Å²) >= 11 is 6.34. The summed E-state index contributed by atoms with van der Waals surface area (Å²) in [4.78, 5) is 14.8. The van der Waals surface area contributed by atoms with Gasteiger partial charge in [-0.25, -0.2) is 15.0 Å². The number of halogens is 1. The summed E-state index contributed by atoms with van der Waals surface area (Å²) in [5.74, 6) is 1.72. The Bertz CT molecular complexity index is 1930. The summed E-state index contributed by atoms with van der Waals surface area (Å²) in [6.45, 7) is 0. The molecule has 0 bridgehead atoms. The lowest BCUT2D eigenvalue weighted by Crippen LogP contribution is -2.00. The Hall–Kier alpha value is -4.80. The van der Waals surface area contributed by atoms with Gasteiger partial charge in [-0.15, -0.1) is 0 Å². The van der Waals surface area contributed by atoms with Gasteiger partial charge in [0, 0.05) is 32.5 Å². The van der Waals surface area contributed by atoms with Gasteiger partial charge in [0.05, 0.1) is 0 Å². The molecule has 0 aliphatic carbocycles. The molecule has 0 radical (unpaired) electrons. The van der Waals surface area contributed by atoms with Gasteiger partial charge in [0.1, 0.15) is 11.2 Å². The largest absolute Gasteiger partial charge is 0.456 e. The van der Waals surface area contributed by atoms with Crippen LogP contribution in [0.25, 0.3) is 67.2 Å². The number of para-hydroxylation sites is 1. The molecule has 5 aromatic carbocycles. The van der Waals surface area contributed by atoms with Gasteiger partial charge in [-0.05, 0) is 41.5 Å². The summed E-state index contributed by atoms with van der Waals surface area (Å²) < 4.78 is 6.33. The molecule has 0 N–H and O–H groups in total. The van der Waals surface area contributed by atoms with Crippen molar-refractivity contribution in [1.29, 1.82) is 0 Å². The number of furan rings is 1. The smallest absolute Gasteiger partial charge is 0.164 e. The zero-order valence-electron chi connectivity index (χ0n) is 20.2. The van der Waals surface area contributed by atoms with Gasteiger partial charge in [-0.2, -0.15) is 0 Å². The maximum Gasteiger partial charge on any atom is 0.164 e. The van der Waals surface area contributed by atoms with Gasteiger partial charge in [0.25, 0.3) is 0 Å². The summed E-state index contributed by atoms with van der Waals surface area (Å²) in [6.07, 6.45) is 0. The first-order valence-electron chi connectivity index (χ1n) is 12.3. The van der Waals surface area contributed by atoms with E-state index >= 15 is 0 Å². The summed E-state index contributed by atoms with van der Waals surface area (Å²) in [7, 11) is 0. The predicted molar refractivity (Wildman–Crippen MR) is 154 cm³/mol. The molecule has 7 aromatic rings. The quantitative estimate of drug-likeness (QED) is 0.237. The van der Waals surface area contributed by atoms with Crippen molar-refractivity contribution < 1.29 is 4.42 Å². The van der Waals surface area contributed by atoms with Crippen molar-refractivity contribution in [2.45, 2.75) is 0 Å². The fourth-order valence-electron chi connectivity index (χ4n) is 4.80. The zero-order valence-corrected chi connectivity index (χ0v) is 20.9. The van der Waals surface area contributed by atoms with Crippen molar-refractivity contribution in [3.05, 3.63) is 126 Å². The average molecular weight is 510 g/mol. The molecule has 4 nitrogen and oxygen atoms in total. The van der Waals surface area contributed by atoms with E-state index in [0.717, 1.165) is 49.8 Å². The van der Waals surface area contributed by atoms with E-state index in [0.29, 0.717) is 22.5 Å². The van der Waals surface area contributed by atoms with Crippen molar-refractivity contribution >= 4 is 33.5 Å². The lowest BCUT2D eigenvalue weighted by molar-refractivity contribution is 0.669. The fourth-order valence-corrected chi connectivity index (χ4v) is 4.99. The van der Waals surface area contributed by atoms with E-state index in [2.05, 4.69) is 30.3 Å². The molecular formula is C33H20ClN3O. The van der Waals surface area contributed by atoms with Gasteiger partial charge in [0.15, 0.2) is 17.5 Å². The van der Waals surface area contributed by atoms with Crippen LogP contribution in [0.2, 0.25) is 5.02 Å². The number of benzene rings is 5. The van der Waals surface area contributed by atoms with Crippen LogP contribution in [0.15, 0.2) is 126 Å². The Balaban J connectivity index is 1.56. The van der Waals surface area contributed by atoms with Crippen molar-refractivity contribution in [3.8, 4) is 45.3 Å². The number of hydrogen-bond acceptors (Lipinski definition) is 4. The van der Waals surface area contributed by atoms with Crippen LogP contribution < -0.4 is 0 Å². The molecule has 2 heterocycles. The highest BCUT2D eigenvalue weighted by atomic mass is 35.5. The molecule has 0 aliphatic rings. The monoisotopic (exact) mass is 509 g/mol. The molecule has 38 heavy (non-hydrogen) atoms. The first kappa shape index (κ1) is 22.4. The number of aromatic nitrogens is 3. The van der Waals surface area contributed by atoms with Crippen LogP contribution in [-0.2, 0) is 0 Å². The number of fused-ring (bicyclic) bond motifs is 3. The minimum atomic E-state index is 0.558. The minimum absolute atomic E-state index is 0.558. The third kappa shape index (κ3) is 4.01. The molecule has 0 saturated carbocycles. The van der Waals surface area contributed by atoms with Crippen LogP contribution in [0, 0.1) is 0 Å². The van der Waals surface area contributed by atoms with Crippen LogP contribution in [0.5, 0.6) is 0 Å². The highest BCUT2D eigenvalue weighted by Gasteiger charge is 2.19. The van der Waals surface area contributed by atoms with Gasteiger partial charge in [-0.1, -0.05) is 103 Å². The van der Waals surface area contributed by atoms with E-state index < -0.39 is 0 Å². The molecule has 0 unspecified atom stereocenters. The van der Waals surface area contributed by atoms with E-state index in [9.17, 15) is 0 Å². The topological polar surface area (TPSA) is 51.8 Å². The maximum absolute atomic E-state index is 6.34. The Morgan fingerprint density at radius 2 is 1.11 bits per heavy atom. The number of rotatable bonds is 4. The van der Waals surface area contributed by atoms with E-state index in [1.807, 2.05) is 91.0 Å². The molecular weight excluding hydrogens is 490 g/mol. The second kappa shape index (κ2) is 9.25. The van der Waals surface area contributed by atoms with Crippen LogP contribution in [0.4, 0.5) is 0 Å². The molecule has 5 heteroatoms. The molecule has 0 aliphatic heterocycles. The summed E-state index contributed by atoms with van der Waals surface area (Å²) in [6, 6.07) is 40.1. The van der Waals surface area contributed by atoms with Crippen molar-refractivity contribution in [3.63, 3.8) is 0 Å². The van der Waals surface area contributed by atoms with Crippen molar-refractivity contribution in [2.24, 2.45) is 0 Å². The Labute approximate surface area is 224 Å². The normalized spacial score (nSPS) is 11.3. The van der Waals surface area contributed by atoms with E-state index in [1.54, 1.807) is 0 Å². The highest BCUT2D eigenvalue weighted by Crippen LogP contribution is 2.39. The lowest BCUT2D eigenvalue weighted by atomic mass is 9.98. The standard InChI is InChI=1S/C33H20ClN3O/c34-25-15-9-14-23(18-25)32-35-31(22-12-5-2-6-13-22)36-33(37-32)27-19-24(21-10-3-1-4-11-21)20-29-30(27)26-16-7-8-17-28(26)38-29/h1-20H. The first-order valence-corrected chi connectivity index (χ1v) is 12.7. The van der Waals surface area contributed by atoms with E-state index in [1.165, 1.54) is 0 Å². The molecule has 0 fully saturated rings. The average Bonchev–Trinajstić information content (AvgIpc) is 3.36. The third-order valence-corrected chi connectivity index (χ3v) is 6.81. The predicted octanol–water partition coefficient (Wildman–Crippen LogP) is 9.09. The molecule has 0 amide bonds. The van der Waals surface area contributed by atoms with Gasteiger partial charge < -0.3 is 4.42 Å². The Kier molecular flexibility index (Phi) is 5.46. The van der Waals surface area contributed by atoms with Crippen molar-refractivity contribution in [2.75, 3.05) is 0 Å². The molecule has 7 rings (SSSR count). The molecule has 0 saturated heterocycles. The van der Waals surface area contributed by atoms with E-state index in [4.69, 9.17) is 31.0 Å². The van der Waals surface area contributed by atoms with Gasteiger partial charge >= 0.3 is 0 Å². The number of nitrogens with zero attached hydrogens (tertiary/aromatic N) is 3. The van der Waals surface area contributed by atoms with Crippen LogP contribution in [-0.4, -0.2) is 15.0 Å². The highest BCUT2D eigenvalue weighted by molar-refractivity contribution is 6.30. The number of hydrogen-bond donors (Lipinski definition) is 0. The van der Waals surface area contributed by atoms with Gasteiger partial charge in [-0.3, -0.25) is 0 Å². The molecule has 180 valence electrons. The first-order chi connectivity index (χ1) is 18.7. The second-order valence-electron chi connectivity index (χ2n) is 9.04. The SMILES string of the molecule is Clc1cccc(-c2nc(-c3ccccc3)nc(-c3cc(-c4ccccc4)cc4oc5ccccc5c34)n2)c1. The van der Waals surface area contributed by atoms with Crippen LogP contribution in [0.1, 0.15) is 0 Å². The summed E-state index contributed by atoms with van der Waals surface area (Å²) in [5, 5.41) is 2.62. The minimum Gasteiger partial charge on any atom is -0.456 e. The summed E-state index contributed by atoms with van der Waals surface area (Å²) in [5.41, 5.74) is 6.34. The van der Waals surface area contributed by atoms with Gasteiger partial charge in [0.2, 0.25) is 0 Å². The molecule has 2 aromatic heterocycles. The second-order valence-corrected chi connectivity index (χ2v) is 9.48. The maximum atomic E-state index is 6.34. The van der Waals surface area contributed by atoms with Crippen LogP contribution in [0.3, 0.4) is 0 Å². The van der Waals surface area contributed by atoms with E-state index in [-0.39, 0.29) is 0 Å². The zero-order chi connectivity index (χ0) is 25.5. The third-order valence-electron chi connectivity index (χ3n) is 6.58. The fraction of sp³-hybridized carbons (Fsp3) is 0. The van der Waals surface area contributed by atoms with Crippen LogP contribution >= 0.6 is 11.6 Å². The Morgan fingerprint density at radius 3 is 1.87 bits per heavy atom.